The third-order valence-corrected chi connectivity index (χ3v) is 3.89. The van der Waals surface area contributed by atoms with Crippen molar-refractivity contribution in [3.63, 3.8) is 0 Å². The minimum Gasteiger partial charge on any atom is -0.450 e. The van der Waals surface area contributed by atoms with Crippen LogP contribution in [-0.2, 0) is 0 Å². The van der Waals surface area contributed by atoms with Crippen molar-refractivity contribution in [2.45, 2.75) is 6.04 Å². The number of piperazine rings is 1. The van der Waals surface area contributed by atoms with Crippen LogP contribution in [0.15, 0.2) is 28.7 Å². The summed E-state index contributed by atoms with van der Waals surface area (Å²) in [5.41, 5.74) is 0.155. The highest BCUT2D eigenvalue weighted by molar-refractivity contribution is 6.01. The predicted molar refractivity (Wildman–Crippen MR) is 74.4 cm³/mol. The van der Waals surface area contributed by atoms with Crippen molar-refractivity contribution >= 4 is 16.8 Å². The van der Waals surface area contributed by atoms with Crippen molar-refractivity contribution < 1.29 is 13.6 Å². The number of Topliss-reactive ketones (excluding diaryl/α,β-unsaturated/α-hetero) is 1. The molecule has 1 atom stereocenters. The number of likely N-dealkylation sites (N-methyl/N-ethyl adjacent to an activating group) is 2. The van der Waals surface area contributed by atoms with Gasteiger partial charge in [-0.25, -0.2) is 4.39 Å². The molecule has 1 aliphatic rings. The number of hydrogen-bond donors (Lipinski definition) is 0. The van der Waals surface area contributed by atoms with Crippen LogP contribution in [0.2, 0.25) is 0 Å². The number of benzene rings is 1. The van der Waals surface area contributed by atoms with Crippen LogP contribution in [0.5, 0.6) is 0 Å². The van der Waals surface area contributed by atoms with Gasteiger partial charge in [0.05, 0.1) is 6.04 Å². The van der Waals surface area contributed by atoms with E-state index in [9.17, 15) is 9.18 Å². The molecule has 0 N–H and O–H groups in total. The number of rotatable bonds is 2. The predicted octanol–water partition coefficient (Wildman–Crippen LogP) is 2.00. The summed E-state index contributed by atoms with van der Waals surface area (Å²) >= 11 is 0. The number of carbonyl (C=O) groups excluding carboxylic acids is 1. The van der Waals surface area contributed by atoms with E-state index in [1.54, 1.807) is 18.2 Å². The molecule has 1 aromatic carbocycles. The van der Waals surface area contributed by atoms with E-state index in [1.807, 2.05) is 19.0 Å². The molecule has 0 spiro atoms. The SMILES string of the molecule is CN1CCN(C)C(C(=O)c2cc3cccc(F)c3o2)C1. The summed E-state index contributed by atoms with van der Waals surface area (Å²) in [5.74, 6) is -0.289. The van der Waals surface area contributed by atoms with Crippen LogP contribution in [0.4, 0.5) is 4.39 Å². The summed E-state index contributed by atoms with van der Waals surface area (Å²) in [4.78, 5) is 16.7. The number of ketones is 1. The molecule has 1 unspecified atom stereocenters. The molecule has 1 fully saturated rings. The van der Waals surface area contributed by atoms with Gasteiger partial charge in [0.25, 0.3) is 0 Å². The fourth-order valence-corrected chi connectivity index (χ4v) is 2.61. The largest absolute Gasteiger partial charge is 0.450 e. The Morgan fingerprint density at radius 2 is 2.15 bits per heavy atom. The van der Waals surface area contributed by atoms with Crippen LogP contribution in [0.25, 0.3) is 11.0 Å². The van der Waals surface area contributed by atoms with Gasteiger partial charge in [-0.15, -0.1) is 0 Å². The van der Waals surface area contributed by atoms with E-state index >= 15 is 0 Å². The maximum absolute atomic E-state index is 13.6. The van der Waals surface area contributed by atoms with Gasteiger partial charge in [0.15, 0.2) is 17.2 Å². The number of para-hydroxylation sites is 1. The Labute approximate surface area is 116 Å². The van der Waals surface area contributed by atoms with Crippen molar-refractivity contribution in [3.05, 3.63) is 35.8 Å². The van der Waals surface area contributed by atoms with Crippen molar-refractivity contribution in [1.82, 2.24) is 9.80 Å². The topological polar surface area (TPSA) is 36.7 Å². The first-order valence-electron chi connectivity index (χ1n) is 6.67. The van der Waals surface area contributed by atoms with Crippen LogP contribution < -0.4 is 0 Å². The second-order valence-corrected chi connectivity index (χ2v) is 5.39. The van der Waals surface area contributed by atoms with Crippen LogP contribution in [0.3, 0.4) is 0 Å². The van der Waals surface area contributed by atoms with Gasteiger partial charge in [-0.05, 0) is 26.2 Å². The Morgan fingerprint density at radius 3 is 2.90 bits per heavy atom. The highest BCUT2D eigenvalue weighted by Gasteiger charge is 2.31. The fourth-order valence-electron chi connectivity index (χ4n) is 2.61. The monoisotopic (exact) mass is 276 g/mol. The minimum atomic E-state index is -0.435. The zero-order chi connectivity index (χ0) is 14.3. The third kappa shape index (κ3) is 2.23. The lowest BCUT2D eigenvalue weighted by Crippen LogP contribution is -2.53. The van der Waals surface area contributed by atoms with Gasteiger partial charge in [0.1, 0.15) is 0 Å². The quantitative estimate of drug-likeness (QED) is 0.786. The molecule has 3 rings (SSSR count). The first-order valence-corrected chi connectivity index (χ1v) is 6.67. The average Bonchev–Trinajstić information content (AvgIpc) is 2.86. The van der Waals surface area contributed by atoms with E-state index in [0.29, 0.717) is 11.9 Å². The van der Waals surface area contributed by atoms with Gasteiger partial charge in [-0.2, -0.15) is 0 Å². The lowest BCUT2D eigenvalue weighted by Gasteiger charge is -2.36. The van der Waals surface area contributed by atoms with E-state index in [4.69, 9.17) is 4.42 Å². The summed E-state index contributed by atoms with van der Waals surface area (Å²) in [6.07, 6.45) is 0. The van der Waals surface area contributed by atoms with Crippen LogP contribution in [-0.4, -0.2) is 55.4 Å². The summed E-state index contributed by atoms with van der Waals surface area (Å²) in [7, 11) is 3.92. The zero-order valence-corrected chi connectivity index (χ0v) is 11.6. The molecule has 0 radical (unpaired) electrons. The summed E-state index contributed by atoms with van der Waals surface area (Å²) in [6.45, 7) is 2.44. The van der Waals surface area contributed by atoms with E-state index in [2.05, 4.69) is 4.90 Å². The molecule has 2 heterocycles. The normalized spacial score (nSPS) is 21.4. The number of furan rings is 1. The molecule has 20 heavy (non-hydrogen) atoms. The minimum absolute atomic E-state index is 0.0883. The molecule has 5 heteroatoms. The fraction of sp³-hybridized carbons (Fsp3) is 0.400. The second kappa shape index (κ2) is 5.00. The van der Waals surface area contributed by atoms with Crippen LogP contribution >= 0.6 is 0 Å². The van der Waals surface area contributed by atoms with E-state index < -0.39 is 5.82 Å². The van der Waals surface area contributed by atoms with Crippen LogP contribution in [0, 0.1) is 5.82 Å². The molecule has 2 aromatic rings. The van der Waals surface area contributed by atoms with E-state index in [-0.39, 0.29) is 23.2 Å². The molecule has 0 saturated carbocycles. The molecule has 4 nitrogen and oxygen atoms in total. The summed E-state index contributed by atoms with van der Waals surface area (Å²) in [6, 6.07) is 6.08. The van der Waals surface area contributed by atoms with Gasteiger partial charge >= 0.3 is 0 Å². The van der Waals surface area contributed by atoms with Crippen molar-refractivity contribution in [2.24, 2.45) is 0 Å². The second-order valence-electron chi connectivity index (χ2n) is 5.39. The van der Waals surface area contributed by atoms with Crippen LogP contribution in [0.1, 0.15) is 10.6 Å². The lowest BCUT2D eigenvalue weighted by atomic mass is 10.1. The number of nitrogens with zero attached hydrogens (tertiary/aromatic N) is 2. The van der Waals surface area contributed by atoms with Gasteiger partial charge in [-0.3, -0.25) is 9.69 Å². The maximum atomic E-state index is 13.6. The molecule has 1 aromatic heterocycles. The highest BCUT2D eigenvalue weighted by atomic mass is 19.1. The molecule has 0 amide bonds. The van der Waals surface area contributed by atoms with Gasteiger partial charge in [-0.1, -0.05) is 12.1 Å². The first-order chi connectivity index (χ1) is 9.56. The first kappa shape index (κ1) is 13.3. The zero-order valence-electron chi connectivity index (χ0n) is 11.6. The van der Waals surface area contributed by atoms with Gasteiger partial charge < -0.3 is 9.32 Å². The molecular formula is C15H17FN2O2. The maximum Gasteiger partial charge on any atom is 0.216 e. The van der Waals surface area contributed by atoms with Gasteiger partial charge in [0, 0.05) is 25.0 Å². The number of carbonyl (C=O) groups is 1. The molecule has 1 aliphatic heterocycles. The Kier molecular flexibility index (Phi) is 3.31. The third-order valence-electron chi connectivity index (χ3n) is 3.89. The molecule has 1 saturated heterocycles. The highest BCUT2D eigenvalue weighted by Crippen LogP contribution is 2.24. The molecule has 0 aliphatic carbocycles. The Bertz CT molecular complexity index is 652. The smallest absolute Gasteiger partial charge is 0.216 e. The van der Waals surface area contributed by atoms with Crippen molar-refractivity contribution in [3.8, 4) is 0 Å². The summed E-state index contributed by atoms with van der Waals surface area (Å²) < 4.78 is 19.0. The molecule has 106 valence electrons. The number of fused-ring (bicyclic) bond motifs is 1. The van der Waals surface area contributed by atoms with Crippen molar-refractivity contribution in [2.75, 3.05) is 33.7 Å². The average molecular weight is 276 g/mol. The van der Waals surface area contributed by atoms with Gasteiger partial charge in [0.2, 0.25) is 5.78 Å². The Morgan fingerprint density at radius 1 is 1.35 bits per heavy atom. The Balaban J connectivity index is 1.94. The number of halogens is 1. The number of hydrogen-bond acceptors (Lipinski definition) is 4. The Hall–Kier alpha value is -1.72. The molecular weight excluding hydrogens is 259 g/mol. The lowest BCUT2D eigenvalue weighted by molar-refractivity contribution is 0.0661. The van der Waals surface area contributed by atoms with Crippen molar-refractivity contribution in [1.29, 1.82) is 0 Å². The van der Waals surface area contributed by atoms with E-state index in [0.717, 1.165) is 13.1 Å². The standard InChI is InChI=1S/C15H17FN2O2/c1-17-6-7-18(2)12(9-17)14(19)13-8-10-4-3-5-11(16)15(10)20-13/h3-5,8,12H,6-7,9H2,1-2H3. The van der Waals surface area contributed by atoms with E-state index in [1.165, 1.54) is 6.07 Å². The molecule has 0 bridgehead atoms. The summed E-state index contributed by atoms with van der Waals surface area (Å²) in [5, 5.41) is 0.625.